The van der Waals surface area contributed by atoms with Crippen LogP contribution in [0.5, 0.6) is 5.75 Å². The number of hydrazone groups is 1. The second kappa shape index (κ2) is 11.1. The number of carbonyl (C=O) groups is 2. The lowest BCUT2D eigenvalue weighted by Crippen LogP contribution is -2.19. The van der Waals surface area contributed by atoms with E-state index in [4.69, 9.17) is 4.84 Å². The van der Waals surface area contributed by atoms with Gasteiger partial charge in [-0.25, -0.2) is 5.43 Å². The highest BCUT2D eigenvalue weighted by molar-refractivity contribution is 6.01. The van der Waals surface area contributed by atoms with Gasteiger partial charge in [0.05, 0.1) is 11.9 Å². The number of benzene rings is 3. The van der Waals surface area contributed by atoms with Crippen molar-refractivity contribution in [2.75, 3.05) is 11.9 Å². The maximum absolute atomic E-state index is 12.1. The van der Waals surface area contributed by atoms with Crippen LogP contribution in [-0.2, 0) is 9.63 Å². The van der Waals surface area contributed by atoms with E-state index in [1.807, 2.05) is 6.07 Å². The Balaban J connectivity index is 1.47. The average molecular weight is 430 g/mol. The second-order valence-electron chi connectivity index (χ2n) is 6.70. The number of phenols is 1. The Morgan fingerprint density at radius 2 is 1.62 bits per heavy atom. The van der Waals surface area contributed by atoms with Gasteiger partial charge in [0.15, 0.2) is 6.61 Å². The van der Waals surface area contributed by atoms with Crippen LogP contribution in [0.1, 0.15) is 28.4 Å². The summed E-state index contributed by atoms with van der Waals surface area (Å²) in [7, 11) is 0. The number of amides is 2. The van der Waals surface area contributed by atoms with E-state index in [2.05, 4.69) is 21.0 Å². The number of carbonyl (C=O) groups excluding carboxylic acids is 2. The molecular formula is C24H22N4O4. The minimum absolute atomic E-state index is 0.0721. The zero-order chi connectivity index (χ0) is 22.8. The molecule has 0 aliphatic heterocycles. The van der Waals surface area contributed by atoms with Gasteiger partial charge >= 0.3 is 0 Å². The molecule has 0 radical (unpaired) electrons. The first-order valence-corrected chi connectivity index (χ1v) is 9.76. The van der Waals surface area contributed by atoms with Gasteiger partial charge in [0, 0.05) is 16.8 Å². The molecule has 0 aliphatic rings. The van der Waals surface area contributed by atoms with E-state index in [9.17, 15) is 14.7 Å². The van der Waals surface area contributed by atoms with E-state index in [0.29, 0.717) is 22.5 Å². The Labute approximate surface area is 185 Å². The molecule has 0 saturated heterocycles. The van der Waals surface area contributed by atoms with Crippen molar-refractivity contribution in [2.24, 2.45) is 10.3 Å². The predicted molar refractivity (Wildman–Crippen MR) is 123 cm³/mol. The fraction of sp³-hybridized carbons (Fsp3) is 0.0833. The van der Waals surface area contributed by atoms with Crippen molar-refractivity contribution in [3.63, 3.8) is 0 Å². The van der Waals surface area contributed by atoms with Gasteiger partial charge < -0.3 is 15.3 Å². The van der Waals surface area contributed by atoms with Crippen molar-refractivity contribution in [3.05, 3.63) is 95.6 Å². The van der Waals surface area contributed by atoms with E-state index >= 15 is 0 Å². The molecule has 0 heterocycles. The van der Waals surface area contributed by atoms with Crippen molar-refractivity contribution in [2.45, 2.75) is 6.92 Å². The number of rotatable bonds is 8. The summed E-state index contributed by atoms with van der Waals surface area (Å²) in [5, 5.41) is 20.1. The zero-order valence-corrected chi connectivity index (χ0v) is 17.4. The Morgan fingerprint density at radius 1 is 0.938 bits per heavy atom. The van der Waals surface area contributed by atoms with E-state index in [1.165, 1.54) is 12.3 Å². The van der Waals surface area contributed by atoms with Crippen LogP contribution >= 0.6 is 0 Å². The first-order chi connectivity index (χ1) is 15.5. The fourth-order valence-electron chi connectivity index (χ4n) is 2.63. The zero-order valence-electron chi connectivity index (χ0n) is 17.4. The number of phenolic OH excluding ortho intramolecular Hbond substituents is 1. The van der Waals surface area contributed by atoms with E-state index in [-0.39, 0.29) is 24.2 Å². The summed E-state index contributed by atoms with van der Waals surface area (Å²) in [5.41, 5.74) is 5.52. The standard InChI is InChI=1S/C24H22N4O4/c1-17(27-28-24(31)19-7-3-2-4-8-19)18-11-13-21(14-12-18)26-23(30)16-32-25-15-20-9-5-6-10-22(20)29/h2-15,29H,16H2,1H3,(H,26,30)(H,28,31). The highest BCUT2D eigenvalue weighted by Gasteiger charge is 2.06. The summed E-state index contributed by atoms with van der Waals surface area (Å²) >= 11 is 0. The molecule has 0 spiro atoms. The molecular weight excluding hydrogens is 408 g/mol. The molecule has 0 bridgehead atoms. The number of oxime groups is 1. The fourth-order valence-corrected chi connectivity index (χ4v) is 2.63. The molecule has 0 atom stereocenters. The van der Waals surface area contributed by atoms with Crippen LogP contribution in [0.3, 0.4) is 0 Å². The van der Waals surface area contributed by atoms with Crippen molar-refractivity contribution in [1.82, 2.24) is 5.43 Å². The summed E-state index contributed by atoms with van der Waals surface area (Å²) < 4.78 is 0. The number of para-hydroxylation sites is 1. The monoisotopic (exact) mass is 430 g/mol. The lowest BCUT2D eigenvalue weighted by molar-refractivity contribution is -0.120. The summed E-state index contributed by atoms with van der Waals surface area (Å²) in [6.45, 7) is 1.49. The predicted octanol–water partition coefficient (Wildman–Crippen LogP) is 3.54. The molecule has 0 aromatic heterocycles. The number of nitrogens with one attached hydrogen (secondary N) is 2. The van der Waals surface area contributed by atoms with Crippen LogP contribution in [0.15, 0.2) is 89.1 Å². The number of anilines is 1. The third-order valence-corrected chi connectivity index (χ3v) is 4.35. The lowest BCUT2D eigenvalue weighted by atomic mass is 10.1. The molecule has 162 valence electrons. The van der Waals surface area contributed by atoms with Gasteiger partial charge in [-0.05, 0) is 48.9 Å². The summed E-state index contributed by atoms with van der Waals surface area (Å²) in [4.78, 5) is 29.0. The third kappa shape index (κ3) is 6.53. The van der Waals surface area contributed by atoms with Crippen LogP contribution in [0, 0.1) is 0 Å². The normalized spacial score (nSPS) is 11.2. The quantitative estimate of drug-likeness (QED) is 0.375. The molecule has 8 heteroatoms. The lowest BCUT2D eigenvalue weighted by Gasteiger charge is -2.06. The molecule has 2 amide bonds. The van der Waals surface area contributed by atoms with Gasteiger partial charge in [-0.3, -0.25) is 9.59 Å². The smallest absolute Gasteiger partial charge is 0.271 e. The summed E-state index contributed by atoms with van der Waals surface area (Å²) in [6.07, 6.45) is 1.33. The first kappa shape index (κ1) is 22.2. The van der Waals surface area contributed by atoms with Gasteiger partial charge in [-0.2, -0.15) is 5.10 Å². The first-order valence-electron chi connectivity index (χ1n) is 9.76. The van der Waals surface area contributed by atoms with E-state index in [1.54, 1.807) is 73.7 Å². The molecule has 0 saturated carbocycles. The number of hydrogen-bond donors (Lipinski definition) is 3. The molecule has 3 rings (SSSR count). The van der Waals surface area contributed by atoms with Gasteiger partial charge in [-0.1, -0.05) is 47.6 Å². The van der Waals surface area contributed by atoms with Crippen LogP contribution in [-0.4, -0.2) is 35.5 Å². The topological polar surface area (TPSA) is 112 Å². The maximum Gasteiger partial charge on any atom is 0.271 e. The molecule has 0 aliphatic carbocycles. The van der Waals surface area contributed by atoms with Crippen LogP contribution < -0.4 is 10.7 Å². The average Bonchev–Trinajstić information content (AvgIpc) is 2.82. The number of aromatic hydroxyl groups is 1. The highest BCUT2D eigenvalue weighted by Crippen LogP contribution is 2.13. The Kier molecular flexibility index (Phi) is 7.69. The molecule has 0 unspecified atom stereocenters. The Bertz CT molecular complexity index is 1130. The van der Waals surface area contributed by atoms with Crippen molar-refractivity contribution >= 4 is 29.4 Å². The second-order valence-corrected chi connectivity index (χ2v) is 6.70. The minimum atomic E-state index is -0.382. The molecule has 32 heavy (non-hydrogen) atoms. The van der Waals surface area contributed by atoms with Gasteiger partial charge in [0.2, 0.25) is 0 Å². The van der Waals surface area contributed by atoms with Crippen LogP contribution in [0.4, 0.5) is 5.69 Å². The minimum Gasteiger partial charge on any atom is -0.507 e. The highest BCUT2D eigenvalue weighted by atomic mass is 16.6. The van der Waals surface area contributed by atoms with E-state index in [0.717, 1.165) is 5.56 Å². The third-order valence-electron chi connectivity index (χ3n) is 4.35. The molecule has 3 aromatic rings. The van der Waals surface area contributed by atoms with Crippen molar-refractivity contribution < 1.29 is 19.5 Å². The molecule has 8 nitrogen and oxygen atoms in total. The van der Waals surface area contributed by atoms with Gasteiger partial charge in [0.1, 0.15) is 5.75 Å². The Hall–Kier alpha value is -4.46. The maximum atomic E-state index is 12.1. The van der Waals surface area contributed by atoms with Gasteiger partial charge in [-0.15, -0.1) is 0 Å². The molecule has 0 fully saturated rings. The number of nitrogens with zero attached hydrogens (tertiary/aromatic N) is 2. The summed E-state index contributed by atoms with van der Waals surface area (Å²) in [5.74, 6) is -0.602. The van der Waals surface area contributed by atoms with Gasteiger partial charge in [0.25, 0.3) is 11.8 Å². The van der Waals surface area contributed by atoms with Crippen molar-refractivity contribution in [1.29, 1.82) is 0 Å². The van der Waals surface area contributed by atoms with Crippen molar-refractivity contribution in [3.8, 4) is 5.75 Å². The SMILES string of the molecule is CC(=NNC(=O)c1ccccc1)c1ccc(NC(=O)CON=Cc2ccccc2O)cc1. The Morgan fingerprint density at radius 3 is 2.34 bits per heavy atom. The molecule has 3 N–H and O–H groups in total. The summed E-state index contributed by atoms with van der Waals surface area (Å²) in [6, 6.07) is 22.4. The van der Waals surface area contributed by atoms with Crippen LogP contribution in [0.25, 0.3) is 0 Å². The molecule has 3 aromatic carbocycles. The van der Waals surface area contributed by atoms with E-state index < -0.39 is 0 Å². The van der Waals surface area contributed by atoms with Crippen LogP contribution in [0.2, 0.25) is 0 Å². The largest absolute Gasteiger partial charge is 0.507 e. The number of hydrogen-bond acceptors (Lipinski definition) is 6.